The van der Waals surface area contributed by atoms with Crippen molar-refractivity contribution in [2.45, 2.75) is 31.0 Å². The number of thiol groups is 1. The monoisotopic (exact) mass is 394 g/mol. The quantitative estimate of drug-likeness (QED) is 0.153. The average Bonchev–Trinajstić information content (AvgIpc) is 2.59. The lowest BCUT2D eigenvalue weighted by molar-refractivity contribution is -0.143. The van der Waals surface area contributed by atoms with Crippen LogP contribution in [0.5, 0.6) is 0 Å². The van der Waals surface area contributed by atoms with Crippen LogP contribution in [0.3, 0.4) is 0 Å². The fourth-order valence-corrected chi connectivity index (χ4v) is 1.87. The molecular weight excluding hydrogens is 372 g/mol. The minimum Gasteiger partial charge on any atom is -0.481 e. The van der Waals surface area contributed by atoms with Crippen LogP contribution in [0.4, 0.5) is 0 Å². The molecule has 0 bridgehead atoms. The number of amides is 3. The molecule has 8 N–H and O–H groups in total. The second kappa shape index (κ2) is 12.1. The molecule has 0 aliphatic heterocycles. The van der Waals surface area contributed by atoms with E-state index < -0.39 is 67.4 Å². The second-order valence-corrected chi connectivity index (χ2v) is 5.51. The van der Waals surface area contributed by atoms with Crippen LogP contribution in [0.15, 0.2) is 0 Å². The molecular formula is C13H22N4O8S. The maximum Gasteiger partial charge on any atom is 0.326 e. The molecule has 0 aliphatic carbocycles. The Hall–Kier alpha value is -2.38. The number of nitrogens with one attached hydrogen (secondary N) is 3. The van der Waals surface area contributed by atoms with E-state index in [2.05, 4.69) is 28.6 Å². The SMILES string of the molecule is NC(CO)C(=O)NC(CS)C(=O)NCC(=O)NC(CCC(=O)O)C(=O)O. The third kappa shape index (κ3) is 9.19. The number of nitrogens with two attached hydrogens (primary N) is 1. The van der Waals surface area contributed by atoms with Crippen molar-refractivity contribution in [2.24, 2.45) is 5.73 Å². The largest absolute Gasteiger partial charge is 0.481 e. The number of aliphatic carboxylic acids is 2. The molecule has 0 saturated carbocycles. The predicted molar refractivity (Wildman–Crippen MR) is 90.3 cm³/mol. The molecule has 0 heterocycles. The van der Waals surface area contributed by atoms with Gasteiger partial charge in [0.25, 0.3) is 0 Å². The van der Waals surface area contributed by atoms with Crippen LogP contribution in [-0.2, 0) is 24.0 Å². The van der Waals surface area contributed by atoms with Gasteiger partial charge >= 0.3 is 11.9 Å². The highest BCUT2D eigenvalue weighted by Gasteiger charge is 2.24. The van der Waals surface area contributed by atoms with Crippen molar-refractivity contribution < 1.29 is 39.3 Å². The summed E-state index contributed by atoms with van der Waals surface area (Å²) in [5.41, 5.74) is 5.29. The van der Waals surface area contributed by atoms with Gasteiger partial charge in [-0.2, -0.15) is 12.6 Å². The van der Waals surface area contributed by atoms with Crippen molar-refractivity contribution >= 4 is 42.3 Å². The van der Waals surface area contributed by atoms with Crippen molar-refractivity contribution in [3.8, 4) is 0 Å². The molecule has 26 heavy (non-hydrogen) atoms. The van der Waals surface area contributed by atoms with Crippen LogP contribution in [0, 0.1) is 0 Å². The number of aliphatic hydroxyl groups is 1. The van der Waals surface area contributed by atoms with Crippen LogP contribution < -0.4 is 21.7 Å². The number of aliphatic hydroxyl groups excluding tert-OH is 1. The lowest BCUT2D eigenvalue weighted by Crippen LogP contribution is -2.54. The van der Waals surface area contributed by atoms with Gasteiger partial charge in [-0.3, -0.25) is 19.2 Å². The van der Waals surface area contributed by atoms with E-state index in [9.17, 15) is 24.0 Å². The van der Waals surface area contributed by atoms with Gasteiger partial charge < -0.3 is 37.0 Å². The first-order valence-electron chi connectivity index (χ1n) is 7.41. The zero-order valence-corrected chi connectivity index (χ0v) is 14.6. The number of carboxylic acid groups (broad SMARTS) is 2. The highest BCUT2D eigenvalue weighted by atomic mass is 32.1. The first-order chi connectivity index (χ1) is 12.1. The summed E-state index contributed by atoms with van der Waals surface area (Å²) in [4.78, 5) is 56.6. The summed E-state index contributed by atoms with van der Waals surface area (Å²) in [6.07, 6.45) is -0.777. The molecule has 0 fully saturated rings. The molecule has 0 aliphatic rings. The van der Waals surface area contributed by atoms with Gasteiger partial charge in [-0.1, -0.05) is 0 Å². The van der Waals surface area contributed by atoms with Crippen LogP contribution >= 0.6 is 12.6 Å². The Kier molecular flexibility index (Phi) is 10.9. The molecule has 13 heteroatoms. The topological polar surface area (TPSA) is 208 Å². The van der Waals surface area contributed by atoms with Crippen LogP contribution in [0.1, 0.15) is 12.8 Å². The third-order valence-corrected chi connectivity index (χ3v) is 3.42. The summed E-state index contributed by atoms with van der Waals surface area (Å²) >= 11 is 3.89. The van der Waals surface area contributed by atoms with E-state index >= 15 is 0 Å². The van der Waals surface area contributed by atoms with E-state index in [0.29, 0.717) is 0 Å². The van der Waals surface area contributed by atoms with Gasteiger partial charge in [0.15, 0.2) is 0 Å². The number of hydrogen-bond acceptors (Lipinski definition) is 8. The number of hydrogen-bond donors (Lipinski definition) is 8. The highest BCUT2D eigenvalue weighted by Crippen LogP contribution is 1.98. The molecule has 3 amide bonds. The van der Waals surface area contributed by atoms with Gasteiger partial charge in [-0.15, -0.1) is 0 Å². The van der Waals surface area contributed by atoms with E-state index in [1.165, 1.54) is 0 Å². The molecule has 0 spiro atoms. The average molecular weight is 394 g/mol. The highest BCUT2D eigenvalue weighted by molar-refractivity contribution is 7.80. The summed E-state index contributed by atoms with van der Waals surface area (Å²) in [5, 5.41) is 32.7. The van der Waals surface area contributed by atoms with Crippen molar-refractivity contribution in [1.29, 1.82) is 0 Å². The first kappa shape index (κ1) is 23.6. The molecule has 0 aromatic carbocycles. The summed E-state index contributed by atoms with van der Waals surface area (Å²) in [5.74, 6) is -5.16. The first-order valence-corrected chi connectivity index (χ1v) is 8.04. The van der Waals surface area contributed by atoms with Crippen molar-refractivity contribution in [1.82, 2.24) is 16.0 Å². The maximum absolute atomic E-state index is 11.9. The molecule has 12 nitrogen and oxygen atoms in total. The van der Waals surface area contributed by atoms with Gasteiger partial charge in [-0.05, 0) is 6.42 Å². The number of carbonyl (C=O) groups is 5. The zero-order chi connectivity index (χ0) is 20.3. The number of rotatable bonds is 12. The maximum atomic E-state index is 11.9. The molecule has 3 unspecified atom stereocenters. The van der Waals surface area contributed by atoms with Crippen molar-refractivity contribution in [2.75, 3.05) is 18.9 Å². The van der Waals surface area contributed by atoms with Crippen LogP contribution in [0.25, 0.3) is 0 Å². The standard InChI is InChI=1S/C13H22N4O8S/c14-6(4-18)11(22)17-8(5-26)12(23)15-3-9(19)16-7(13(24)25)1-2-10(20)21/h6-8,18,26H,1-5,14H2,(H,15,23)(H,16,19)(H,17,22)(H,20,21)(H,24,25). The minimum absolute atomic E-state index is 0.117. The predicted octanol–water partition coefficient (Wildman–Crippen LogP) is -3.73. The lowest BCUT2D eigenvalue weighted by atomic mass is 10.1. The molecule has 0 rings (SSSR count). The molecule has 0 radical (unpaired) electrons. The Morgan fingerprint density at radius 2 is 1.62 bits per heavy atom. The van der Waals surface area contributed by atoms with E-state index in [1.807, 2.05) is 0 Å². The van der Waals surface area contributed by atoms with Gasteiger partial charge in [0.2, 0.25) is 17.7 Å². The Labute approximate surface area is 153 Å². The summed E-state index contributed by atoms with van der Waals surface area (Å²) < 4.78 is 0. The Morgan fingerprint density at radius 1 is 1.00 bits per heavy atom. The molecule has 148 valence electrons. The number of carboxylic acids is 2. The minimum atomic E-state index is -1.42. The van der Waals surface area contributed by atoms with Gasteiger partial charge in [0.1, 0.15) is 18.1 Å². The normalized spacial score (nSPS) is 13.8. The number of carbonyl (C=O) groups excluding carboxylic acids is 3. The van der Waals surface area contributed by atoms with Crippen LogP contribution in [-0.4, -0.2) is 82.0 Å². The summed E-state index contributed by atoms with van der Waals surface area (Å²) in [6, 6.07) is -3.77. The Morgan fingerprint density at radius 3 is 2.08 bits per heavy atom. The van der Waals surface area contributed by atoms with Gasteiger partial charge in [0.05, 0.1) is 13.2 Å². The van der Waals surface area contributed by atoms with Gasteiger partial charge in [0, 0.05) is 12.2 Å². The summed E-state index contributed by atoms with van der Waals surface area (Å²) in [6.45, 7) is -1.22. The molecule has 0 aromatic heterocycles. The van der Waals surface area contributed by atoms with E-state index in [4.69, 9.17) is 21.1 Å². The lowest BCUT2D eigenvalue weighted by Gasteiger charge is -2.19. The molecule has 0 saturated heterocycles. The fourth-order valence-electron chi connectivity index (χ4n) is 1.62. The van der Waals surface area contributed by atoms with E-state index in [1.54, 1.807) is 0 Å². The van der Waals surface area contributed by atoms with Gasteiger partial charge in [-0.25, -0.2) is 4.79 Å². The molecule has 0 aromatic rings. The molecule has 3 atom stereocenters. The zero-order valence-electron chi connectivity index (χ0n) is 13.7. The van der Waals surface area contributed by atoms with E-state index in [0.717, 1.165) is 0 Å². The second-order valence-electron chi connectivity index (χ2n) is 5.14. The van der Waals surface area contributed by atoms with Crippen molar-refractivity contribution in [3.05, 3.63) is 0 Å². The van der Waals surface area contributed by atoms with Crippen molar-refractivity contribution in [3.63, 3.8) is 0 Å². The third-order valence-electron chi connectivity index (χ3n) is 3.05. The van der Waals surface area contributed by atoms with Crippen LogP contribution in [0.2, 0.25) is 0 Å². The fraction of sp³-hybridized carbons (Fsp3) is 0.615. The Bertz CT molecular complexity index is 544. The van der Waals surface area contributed by atoms with E-state index in [-0.39, 0.29) is 12.2 Å². The smallest absolute Gasteiger partial charge is 0.326 e. The summed E-state index contributed by atoms with van der Waals surface area (Å²) in [7, 11) is 0. The Balaban J connectivity index is 4.52.